The van der Waals surface area contributed by atoms with Crippen LogP contribution in [0.3, 0.4) is 0 Å². The molecule has 1 aliphatic heterocycles. The van der Waals surface area contributed by atoms with Crippen molar-refractivity contribution < 1.29 is 9.13 Å². The van der Waals surface area contributed by atoms with Crippen LogP contribution in [0.5, 0.6) is 5.88 Å². The maximum atomic E-state index is 15.1. The largest absolute Gasteiger partial charge is 0.439 e. The fourth-order valence-electron chi connectivity index (χ4n) is 3.54. The van der Waals surface area contributed by atoms with E-state index in [1.54, 1.807) is 29.0 Å². The summed E-state index contributed by atoms with van der Waals surface area (Å²) in [5.41, 5.74) is 7.29. The van der Waals surface area contributed by atoms with Crippen molar-refractivity contribution in [2.75, 3.05) is 18.8 Å². The molecule has 160 valence electrons. The number of rotatable bonds is 6. The number of aromatic nitrogens is 5. The Bertz CT molecular complexity index is 1180. The van der Waals surface area contributed by atoms with Crippen LogP contribution in [0.25, 0.3) is 22.3 Å². The monoisotopic (exact) mass is 421 g/mol. The summed E-state index contributed by atoms with van der Waals surface area (Å²) in [6.45, 7) is 5.42. The van der Waals surface area contributed by atoms with Gasteiger partial charge in [-0.25, -0.2) is 14.6 Å². The second-order valence-electron chi connectivity index (χ2n) is 7.08. The SMILES string of the molecule is C\C=C/C=C(\C=C/C)Oc1ccc(-c2nn(C3CCNC3)c3ncnc(N)c23)c(F)n1. The first kappa shape index (κ1) is 20.7. The number of halogens is 1. The summed E-state index contributed by atoms with van der Waals surface area (Å²) in [5, 5.41) is 8.49. The Morgan fingerprint density at radius 2 is 2.16 bits per heavy atom. The first-order valence-electron chi connectivity index (χ1n) is 10.1. The number of anilines is 1. The van der Waals surface area contributed by atoms with Gasteiger partial charge in [-0.1, -0.05) is 18.2 Å². The fraction of sp³-hybridized carbons (Fsp3) is 0.273. The van der Waals surface area contributed by atoms with E-state index < -0.39 is 5.95 Å². The highest BCUT2D eigenvalue weighted by Gasteiger charge is 2.26. The summed E-state index contributed by atoms with van der Waals surface area (Å²) in [6, 6.07) is 3.31. The quantitative estimate of drug-likeness (QED) is 0.356. The standard InChI is InChI=1S/C22H24FN7O/c1-3-5-7-15(6-4-2)31-17-9-8-16(20(23)28-17)19-18-21(24)26-13-27-22(18)30(29-19)14-10-11-25-12-14/h3-9,13-14,25H,10-12H2,1-2H3,(H2,24,26,27)/b5-3-,6-4-,15-7+. The number of ether oxygens (including phenoxy) is 1. The average Bonchev–Trinajstić information content (AvgIpc) is 3.41. The normalized spacial score (nSPS) is 17.4. The zero-order chi connectivity index (χ0) is 21.8. The van der Waals surface area contributed by atoms with E-state index in [2.05, 4.69) is 25.4 Å². The summed E-state index contributed by atoms with van der Waals surface area (Å²) in [4.78, 5) is 12.4. The molecule has 0 radical (unpaired) electrons. The van der Waals surface area contributed by atoms with Gasteiger partial charge in [0.25, 0.3) is 0 Å². The van der Waals surface area contributed by atoms with Gasteiger partial charge in [-0.05, 0) is 45.0 Å². The van der Waals surface area contributed by atoms with Crippen molar-refractivity contribution >= 4 is 16.9 Å². The zero-order valence-corrected chi connectivity index (χ0v) is 17.4. The van der Waals surface area contributed by atoms with Crippen LogP contribution in [0.4, 0.5) is 10.2 Å². The van der Waals surface area contributed by atoms with Crippen molar-refractivity contribution in [3.8, 4) is 17.1 Å². The van der Waals surface area contributed by atoms with E-state index >= 15 is 4.39 Å². The van der Waals surface area contributed by atoms with Crippen LogP contribution in [0.2, 0.25) is 0 Å². The van der Waals surface area contributed by atoms with Crippen LogP contribution < -0.4 is 15.8 Å². The molecule has 1 fully saturated rings. The van der Waals surface area contributed by atoms with Gasteiger partial charge in [0.1, 0.15) is 23.6 Å². The minimum absolute atomic E-state index is 0.115. The van der Waals surface area contributed by atoms with Gasteiger partial charge in [0.2, 0.25) is 11.8 Å². The number of hydrogen-bond donors (Lipinski definition) is 2. The van der Waals surface area contributed by atoms with Gasteiger partial charge in [-0.2, -0.15) is 14.5 Å². The Balaban J connectivity index is 1.75. The number of nitrogens with two attached hydrogens (primary N) is 1. The lowest BCUT2D eigenvalue weighted by Gasteiger charge is -2.09. The summed E-state index contributed by atoms with van der Waals surface area (Å²) in [7, 11) is 0. The number of hydrogen-bond acceptors (Lipinski definition) is 7. The summed E-state index contributed by atoms with van der Waals surface area (Å²) in [5.74, 6) is 0.230. The highest BCUT2D eigenvalue weighted by molar-refractivity contribution is 5.98. The van der Waals surface area contributed by atoms with Crippen LogP contribution in [-0.4, -0.2) is 37.8 Å². The predicted octanol–water partition coefficient (Wildman–Crippen LogP) is 3.56. The topological polar surface area (TPSA) is 104 Å². The highest BCUT2D eigenvalue weighted by atomic mass is 19.1. The van der Waals surface area contributed by atoms with E-state index in [9.17, 15) is 0 Å². The molecule has 3 N–H and O–H groups in total. The van der Waals surface area contributed by atoms with Gasteiger partial charge < -0.3 is 15.8 Å². The Kier molecular flexibility index (Phi) is 6.03. The number of nitrogen functional groups attached to an aromatic ring is 1. The minimum atomic E-state index is -0.706. The lowest BCUT2D eigenvalue weighted by molar-refractivity contribution is 0.414. The fourth-order valence-corrected chi connectivity index (χ4v) is 3.54. The number of nitrogens with one attached hydrogen (secondary N) is 1. The third-order valence-electron chi connectivity index (χ3n) is 4.98. The van der Waals surface area contributed by atoms with E-state index in [0.29, 0.717) is 22.5 Å². The molecule has 0 spiro atoms. The summed E-state index contributed by atoms with van der Waals surface area (Å²) in [6.07, 6.45) is 11.4. The molecule has 1 atom stereocenters. The predicted molar refractivity (Wildman–Crippen MR) is 118 cm³/mol. The molecule has 1 saturated heterocycles. The smallest absolute Gasteiger partial charge is 0.225 e. The summed E-state index contributed by atoms with van der Waals surface area (Å²) < 4.78 is 22.6. The van der Waals surface area contributed by atoms with Crippen molar-refractivity contribution in [2.45, 2.75) is 26.3 Å². The minimum Gasteiger partial charge on any atom is -0.439 e. The van der Waals surface area contributed by atoms with Crippen molar-refractivity contribution in [1.82, 2.24) is 30.0 Å². The third kappa shape index (κ3) is 4.17. The molecule has 0 saturated carbocycles. The Morgan fingerprint density at radius 1 is 1.29 bits per heavy atom. The van der Waals surface area contributed by atoms with Gasteiger partial charge in [0.15, 0.2) is 5.65 Å². The lowest BCUT2D eigenvalue weighted by atomic mass is 10.1. The van der Waals surface area contributed by atoms with Gasteiger partial charge in [0.05, 0.1) is 17.0 Å². The van der Waals surface area contributed by atoms with Crippen LogP contribution in [0, 0.1) is 5.95 Å². The molecule has 1 aliphatic rings. The van der Waals surface area contributed by atoms with E-state index in [1.807, 2.05) is 32.1 Å². The molecule has 3 aromatic heterocycles. The van der Waals surface area contributed by atoms with Crippen LogP contribution in [-0.2, 0) is 0 Å². The zero-order valence-electron chi connectivity index (χ0n) is 17.4. The molecule has 4 heterocycles. The van der Waals surface area contributed by atoms with Crippen molar-refractivity contribution in [2.24, 2.45) is 0 Å². The van der Waals surface area contributed by atoms with Crippen LogP contribution >= 0.6 is 0 Å². The number of nitrogens with zero attached hydrogens (tertiary/aromatic N) is 5. The molecule has 4 rings (SSSR count). The maximum Gasteiger partial charge on any atom is 0.225 e. The van der Waals surface area contributed by atoms with Gasteiger partial charge in [0, 0.05) is 12.6 Å². The lowest BCUT2D eigenvalue weighted by Crippen LogP contribution is -2.15. The van der Waals surface area contributed by atoms with E-state index in [1.165, 1.54) is 6.33 Å². The van der Waals surface area contributed by atoms with Crippen molar-refractivity contribution in [1.29, 1.82) is 0 Å². The molecule has 0 amide bonds. The molecule has 0 aromatic carbocycles. The molecule has 3 aromatic rings. The average molecular weight is 421 g/mol. The molecule has 0 aliphatic carbocycles. The molecule has 0 bridgehead atoms. The van der Waals surface area contributed by atoms with E-state index in [0.717, 1.165) is 19.5 Å². The number of fused-ring (bicyclic) bond motifs is 1. The molecule has 8 nitrogen and oxygen atoms in total. The second kappa shape index (κ2) is 9.05. The molecular formula is C22H24FN7O. The van der Waals surface area contributed by atoms with Crippen LogP contribution in [0.1, 0.15) is 26.3 Å². The highest BCUT2D eigenvalue weighted by Crippen LogP contribution is 2.34. The van der Waals surface area contributed by atoms with Crippen molar-refractivity contribution in [3.05, 3.63) is 60.5 Å². The Labute approximate surface area is 179 Å². The summed E-state index contributed by atoms with van der Waals surface area (Å²) >= 11 is 0. The van der Waals surface area contributed by atoms with Crippen molar-refractivity contribution in [3.63, 3.8) is 0 Å². The van der Waals surface area contributed by atoms with E-state index in [-0.39, 0.29) is 23.3 Å². The molecule has 1 unspecified atom stereocenters. The first-order chi connectivity index (χ1) is 15.1. The van der Waals surface area contributed by atoms with Crippen LogP contribution in [0.15, 0.2) is 54.6 Å². The number of allylic oxidation sites excluding steroid dienone is 5. The molecule has 9 heteroatoms. The van der Waals surface area contributed by atoms with Gasteiger partial charge in [-0.3, -0.25) is 0 Å². The van der Waals surface area contributed by atoms with Gasteiger partial charge in [-0.15, -0.1) is 0 Å². The Hall–Kier alpha value is -3.59. The Morgan fingerprint density at radius 3 is 2.87 bits per heavy atom. The molecular weight excluding hydrogens is 397 g/mol. The van der Waals surface area contributed by atoms with E-state index in [4.69, 9.17) is 10.5 Å². The third-order valence-corrected chi connectivity index (χ3v) is 4.98. The number of pyridine rings is 1. The van der Waals surface area contributed by atoms with Gasteiger partial charge >= 0.3 is 0 Å². The second-order valence-corrected chi connectivity index (χ2v) is 7.08. The first-order valence-corrected chi connectivity index (χ1v) is 10.1. The molecule has 31 heavy (non-hydrogen) atoms. The maximum absolute atomic E-state index is 15.1.